The number of carboxylic acid groups (broad SMARTS) is 1. The van der Waals surface area contributed by atoms with Crippen molar-refractivity contribution in [2.45, 2.75) is 0 Å². The van der Waals surface area contributed by atoms with Crippen molar-refractivity contribution in [3.8, 4) is 5.69 Å². The fourth-order valence-corrected chi connectivity index (χ4v) is 2.25. The molecule has 0 saturated carbocycles. The molecule has 0 saturated heterocycles. The van der Waals surface area contributed by atoms with Gasteiger partial charge in [0.15, 0.2) is 5.82 Å². The second-order valence-electron chi connectivity index (χ2n) is 3.44. The first kappa shape index (κ1) is 13.0. The number of carbonyl (C=O) groups is 1. The summed E-state index contributed by atoms with van der Waals surface area (Å²) in [4.78, 5) is 11.0. The molecular formula is C11H5BrClF2NO2. The molecule has 2 rings (SSSR count). The molecule has 94 valence electrons. The summed E-state index contributed by atoms with van der Waals surface area (Å²) >= 11 is 8.83. The van der Waals surface area contributed by atoms with E-state index in [0.29, 0.717) is 10.5 Å². The van der Waals surface area contributed by atoms with E-state index in [1.807, 2.05) is 0 Å². The van der Waals surface area contributed by atoms with Crippen molar-refractivity contribution in [2.24, 2.45) is 0 Å². The molecule has 0 atom stereocenters. The molecule has 1 aromatic carbocycles. The van der Waals surface area contributed by atoms with E-state index >= 15 is 0 Å². The van der Waals surface area contributed by atoms with Crippen molar-refractivity contribution in [1.29, 1.82) is 0 Å². The minimum Gasteiger partial charge on any atom is -0.477 e. The van der Waals surface area contributed by atoms with Gasteiger partial charge in [-0.05, 0) is 28.1 Å². The lowest BCUT2D eigenvalue weighted by Crippen LogP contribution is -2.08. The van der Waals surface area contributed by atoms with E-state index in [-0.39, 0.29) is 16.4 Å². The summed E-state index contributed by atoms with van der Waals surface area (Å²) in [5, 5.41) is 8.79. The molecule has 0 amide bonds. The molecule has 0 radical (unpaired) electrons. The largest absolute Gasteiger partial charge is 0.477 e. The average Bonchev–Trinajstić information content (AvgIpc) is 2.58. The zero-order chi connectivity index (χ0) is 13.4. The van der Waals surface area contributed by atoms with Gasteiger partial charge in [-0.25, -0.2) is 13.6 Å². The van der Waals surface area contributed by atoms with Gasteiger partial charge in [-0.3, -0.25) is 0 Å². The Morgan fingerprint density at radius 2 is 2.00 bits per heavy atom. The topological polar surface area (TPSA) is 42.2 Å². The van der Waals surface area contributed by atoms with Gasteiger partial charge in [-0.2, -0.15) is 0 Å². The standard InChI is InChI=1S/C11H5BrClF2NO2/c12-5-1-9(11(17)18)16(4-5)10-7(13)2-6(14)3-8(10)15/h1-4H,(H,17,18). The maximum absolute atomic E-state index is 13.7. The summed E-state index contributed by atoms with van der Waals surface area (Å²) in [6, 6.07) is 2.85. The van der Waals surface area contributed by atoms with Gasteiger partial charge in [0.1, 0.15) is 17.2 Å². The first-order chi connectivity index (χ1) is 8.40. The van der Waals surface area contributed by atoms with Gasteiger partial charge in [-0.1, -0.05) is 11.6 Å². The van der Waals surface area contributed by atoms with E-state index < -0.39 is 17.6 Å². The van der Waals surface area contributed by atoms with Crippen LogP contribution >= 0.6 is 27.5 Å². The number of hydrogen-bond acceptors (Lipinski definition) is 1. The summed E-state index contributed by atoms with van der Waals surface area (Å²) in [7, 11) is 0. The van der Waals surface area contributed by atoms with Gasteiger partial charge in [0, 0.05) is 16.7 Å². The average molecular weight is 337 g/mol. The Hall–Kier alpha value is -1.40. The third kappa shape index (κ3) is 2.26. The predicted octanol–water partition coefficient (Wildman–Crippen LogP) is 3.87. The van der Waals surface area contributed by atoms with E-state index in [1.54, 1.807) is 0 Å². The van der Waals surface area contributed by atoms with Crippen LogP contribution in [0.15, 0.2) is 28.9 Å². The molecule has 1 N–H and O–H groups in total. The molecule has 1 aromatic heterocycles. The van der Waals surface area contributed by atoms with Crippen LogP contribution in [-0.4, -0.2) is 15.6 Å². The number of rotatable bonds is 2. The second-order valence-corrected chi connectivity index (χ2v) is 4.76. The first-order valence-corrected chi connectivity index (χ1v) is 5.83. The number of hydrogen-bond donors (Lipinski definition) is 1. The fourth-order valence-electron chi connectivity index (χ4n) is 1.54. The molecule has 18 heavy (non-hydrogen) atoms. The fraction of sp³-hybridized carbons (Fsp3) is 0. The lowest BCUT2D eigenvalue weighted by Gasteiger charge is -2.09. The number of nitrogens with zero attached hydrogens (tertiary/aromatic N) is 1. The highest BCUT2D eigenvalue weighted by Gasteiger charge is 2.19. The van der Waals surface area contributed by atoms with Crippen molar-refractivity contribution in [1.82, 2.24) is 4.57 Å². The molecule has 0 unspecified atom stereocenters. The molecule has 0 bridgehead atoms. The van der Waals surface area contributed by atoms with Gasteiger partial charge in [0.2, 0.25) is 0 Å². The van der Waals surface area contributed by atoms with Crippen LogP contribution in [0.1, 0.15) is 10.5 Å². The van der Waals surface area contributed by atoms with Crippen LogP contribution in [0.25, 0.3) is 5.69 Å². The Bertz CT molecular complexity index is 619. The molecule has 0 fully saturated rings. The predicted molar refractivity (Wildman–Crippen MR) is 65.4 cm³/mol. The molecule has 0 aliphatic heterocycles. The molecule has 7 heteroatoms. The van der Waals surface area contributed by atoms with E-state index in [0.717, 1.165) is 10.6 Å². The quantitative estimate of drug-likeness (QED) is 0.904. The number of benzene rings is 1. The lowest BCUT2D eigenvalue weighted by atomic mass is 10.2. The summed E-state index contributed by atoms with van der Waals surface area (Å²) in [6.45, 7) is 0. The Balaban J connectivity index is 2.73. The van der Waals surface area contributed by atoms with Gasteiger partial charge < -0.3 is 9.67 Å². The van der Waals surface area contributed by atoms with Gasteiger partial charge >= 0.3 is 5.97 Å². The van der Waals surface area contributed by atoms with Crippen molar-refractivity contribution < 1.29 is 18.7 Å². The molecule has 0 aliphatic rings. The Labute approximate surface area is 114 Å². The third-order valence-electron chi connectivity index (χ3n) is 2.23. The maximum Gasteiger partial charge on any atom is 0.352 e. The normalized spacial score (nSPS) is 10.7. The minimum atomic E-state index is -1.25. The lowest BCUT2D eigenvalue weighted by molar-refractivity contribution is 0.0688. The van der Waals surface area contributed by atoms with Crippen molar-refractivity contribution in [3.05, 3.63) is 51.2 Å². The van der Waals surface area contributed by atoms with Crippen LogP contribution in [0.4, 0.5) is 8.78 Å². The van der Waals surface area contributed by atoms with Crippen LogP contribution < -0.4 is 0 Å². The minimum absolute atomic E-state index is 0.186. The monoisotopic (exact) mass is 335 g/mol. The van der Waals surface area contributed by atoms with E-state index in [4.69, 9.17) is 16.7 Å². The van der Waals surface area contributed by atoms with Crippen LogP contribution in [0.2, 0.25) is 5.02 Å². The summed E-state index contributed by atoms with van der Waals surface area (Å²) < 4.78 is 28.1. The molecular weight excluding hydrogens is 331 g/mol. The van der Waals surface area contributed by atoms with Gasteiger partial charge in [-0.15, -0.1) is 0 Å². The second kappa shape index (κ2) is 4.70. The number of carboxylic acids is 1. The maximum atomic E-state index is 13.7. The third-order valence-corrected chi connectivity index (χ3v) is 2.95. The Morgan fingerprint density at radius 1 is 1.33 bits per heavy atom. The summed E-state index contributed by atoms with van der Waals surface area (Å²) in [6.07, 6.45) is 1.34. The zero-order valence-electron chi connectivity index (χ0n) is 8.62. The van der Waals surface area contributed by atoms with E-state index in [2.05, 4.69) is 15.9 Å². The first-order valence-electron chi connectivity index (χ1n) is 4.66. The van der Waals surface area contributed by atoms with E-state index in [1.165, 1.54) is 12.3 Å². The summed E-state index contributed by atoms with van der Waals surface area (Å²) in [5.74, 6) is -3.02. The highest BCUT2D eigenvalue weighted by atomic mass is 79.9. The number of aromatic nitrogens is 1. The zero-order valence-corrected chi connectivity index (χ0v) is 11.0. The number of aromatic carboxylic acids is 1. The molecule has 0 aliphatic carbocycles. The highest BCUT2D eigenvalue weighted by Crippen LogP contribution is 2.28. The van der Waals surface area contributed by atoms with Crippen LogP contribution in [0.3, 0.4) is 0 Å². The Morgan fingerprint density at radius 3 is 2.56 bits per heavy atom. The molecule has 3 nitrogen and oxygen atoms in total. The van der Waals surface area contributed by atoms with Crippen LogP contribution in [0.5, 0.6) is 0 Å². The van der Waals surface area contributed by atoms with E-state index in [9.17, 15) is 13.6 Å². The molecule has 0 spiro atoms. The Kier molecular flexibility index (Phi) is 3.41. The van der Waals surface area contributed by atoms with Crippen LogP contribution in [0, 0.1) is 11.6 Å². The van der Waals surface area contributed by atoms with Gasteiger partial charge in [0.25, 0.3) is 0 Å². The van der Waals surface area contributed by atoms with Crippen molar-refractivity contribution >= 4 is 33.5 Å². The smallest absolute Gasteiger partial charge is 0.352 e. The SMILES string of the molecule is O=C(O)c1cc(Br)cn1-c1c(F)cc(F)cc1Cl. The van der Waals surface area contributed by atoms with Crippen LogP contribution in [-0.2, 0) is 0 Å². The molecule has 2 aromatic rings. The van der Waals surface area contributed by atoms with Gasteiger partial charge in [0.05, 0.1) is 5.02 Å². The van der Waals surface area contributed by atoms with Crippen molar-refractivity contribution in [2.75, 3.05) is 0 Å². The molecule has 1 heterocycles. The summed E-state index contributed by atoms with van der Waals surface area (Å²) in [5.41, 5.74) is -0.393. The highest BCUT2D eigenvalue weighted by molar-refractivity contribution is 9.10. The number of halogens is 4. The van der Waals surface area contributed by atoms with Crippen molar-refractivity contribution in [3.63, 3.8) is 0 Å².